The van der Waals surface area contributed by atoms with Crippen molar-refractivity contribution >= 4 is 23.0 Å². The zero-order valence-corrected chi connectivity index (χ0v) is 19.5. The van der Waals surface area contributed by atoms with Crippen LogP contribution in [0.4, 0.5) is 21.5 Å². The third kappa shape index (κ3) is 3.78. The summed E-state index contributed by atoms with van der Waals surface area (Å²) in [6.07, 6.45) is 3.45. The molecule has 0 fully saturated rings. The highest BCUT2D eigenvalue weighted by molar-refractivity contribution is 6.07. The first-order valence-corrected chi connectivity index (χ1v) is 11.7. The lowest BCUT2D eigenvalue weighted by atomic mass is 9.96. The monoisotopic (exact) mass is 485 g/mol. The van der Waals surface area contributed by atoms with Crippen LogP contribution in [0.25, 0.3) is 11.3 Å². The molecule has 1 atom stereocenters. The quantitative estimate of drug-likeness (QED) is 0.333. The number of nitrogens with one attached hydrogen (secondary N) is 4. The van der Waals surface area contributed by atoms with E-state index in [1.807, 2.05) is 30.3 Å². The maximum Gasteiger partial charge on any atom is 0.255 e. The van der Waals surface area contributed by atoms with Gasteiger partial charge in [0.1, 0.15) is 5.75 Å². The lowest BCUT2D eigenvalue weighted by Gasteiger charge is -2.24. The van der Waals surface area contributed by atoms with Crippen molar-refractivity contribution in [2.75, 3.05) is 30.9 Å². The van der Waals surface area contributed by atoms with Crippen molar-refractivity contribution in [1.82, 2.24) is 15.3 Å². The minimum atomic E-state index is -0.502. The van der Waals surface area contributed by atoms with Gasteiger partial charge in [-0.2, -0.15) is 0 Å². The number of amides is 1. The number of pyridine rings is 1. The number of nitrogens with zero attached hydrogens (tertiary/aromatic N) is 1. The number of hydrogen-bond donors (Lipinski definition) is 4. The smallest absolute Gasteiger partial charge is 0.255 e. The van der Waals surface area contributed by atoms with E-state index in [1.54, 1.807) is 24.5 Å². The Hall–Kier alpha value is -4.53. The average molecular weight is 486 g/mol. The molecular formula is C27H24FN5O3. The number of aromatic amines is 1. The van der Waals surface area contributed by atoms with Crippen LogP contribution in [0.15, 0.2) is 60.9 Å². The molecule has 4 N–H and O–H groups in total. The summed E-state index contributed by atoms with van der Waals surface area (Å²) in [6.45, 7) is 1.37. The van der Waals surface area contributed by atoms with Crippen molar-refractivity contribution in [2.24, 2.45) is 0 Å². The summed E-state index contributed by atoms with van der Waals surface area (Å²) in [5.41, 5.74) is 5.53. The first kappa shape index (κ1) is 22.0. The van der Waals surface area contributed by atoms with E-state index < -0.39 is 5.82 Å². The molecule has 0 aliphatic carbocycles. The number of fused-ring (bicyclic) bond motifs is 4. The molecular weight excluding hydrogens is 461 g/mol. The van der Waals surface area contributed by atoms with E-state index in [0.717, 1.165) is 28.3 Å². The van der Waals surface area contributed by atoms with Gasteiger partial charge < -0.3 is 30.4 Å². The molecule has 8 nitrogen and oxygen atoms in total. The van der Waals surface area contributed by atoms with Gasteiger partial charge in [-0.3, -0.25) is 9.78 Å². The molecule has 5 heterocycles. The lowest BCUT2D eigenvalue weighted by Crippen LogP contribution is -2.37. The van der Waals surface area contributed by atoms with Crippen LogP contribution < -0.4 is 25.4 Å². The molecule has 4 bridgehead atoms. The predicted octanol–water partition coefficient (Wildman–Crippen LogP) is 4.80. The number of carbonyl (C=O) groups excluding carboxylic acids is 1. The Morgan fingerprint density at radius 2 is 2.00 bits per heavy atom. The van der Waals surface area contributed by atoms with Crippen molar-refractivity contribution in [1.29, 1.82) is 0 Å². The number of hydrogen-bond acceptors (Lipinski definition) is 6. The molecule has 2 aromatic carbocycles. The molecule has 0 unspecified atom stereocenters. The van der Waals surface area contributed by atoms with Gasteiger partial charge in [0.15, 0.2) is 11.6 Å². The van der Waals surface area contributed by atoms with Crippen LogP contribution in [0, 0.1) is 5.82 Å². The standard InChI is InChI=1S/C27H24FN5O3/c1-35-26-19(28)3-2-4-20(26)32-25-22-23-16(12-31-27(22)34)14-36-17-7-5-15(6-8-17)11-30-21-13-29-10-9-18(21)24(25)33-23/h2-10,13,16,30,32-33H,11-12,14H2,1H3,(H,31,34)/t16-/m1/s1. The van der Waals surface area contributed by atoms with Crippen LogP contribution in [0.2, 0.25) is 0 Å². The van der Waals surface area contributed by atoms with E-state index in [4.69, 9.17) is 9.47 Å². The van der Waals surface area contributed by atoms with E-state index in [2.05, 4.69) is 25.9 Å². The van der Waals surface area contributed by atoms with E-state index in [-0.39, 0.29) is 17.6 Å². The third-order valence-corrected chi connectivity index (χ3v) is 6.55. The fourth-order valence-corrected chi connectivity index (χ4v) is 4.74. The summed E-state index contributed by atoms with van der Waals surface area (Å²) in [5.74, 6) is -0.0278. The highest BCUT2D eigenvalue weighted by atomic mass is 19.1. The minimum absolute atomic E-state index is 0.0648. The Bertz CT molecular complexity index is 1450. The van der Waals surface area contributed by atoms with Crippen LogP contribution in [0.5, 0.6) is 11.5 Å². The molecule has 9 heteroatoms. The number of ether oxygens (including phenoxy) is 2. The summed E-state index contributed by atoms with van der Waals surface area (Å²) >= 11 is 0. The van der Waals surface area contributed by atoms with Gasteiger partial charge >= 0.3 is 0 Å². The first-order chi connectivity index (χ1) is 17.6. The number of halogens is 1. The van der Waals surface area contributed by atoms with E-state index in [1.165, 1.54) is 13.2 Å². The van der Waals surface area contributed by atoms with Gasteiger partial charge in [-0.15, -0.1) is 0 Å². The Morgan fingerprint density at radius 1 is 1.14 bits per heavy atom. The van der Waals surface area contributed by atoms with Crippen molar-refractivity contribution in [3.8, 4) is 22.8 Å². The number of methoxy groups -OCH3 is 1. The molecule has 0 saturated carbocycles. The molecule has 4 aromatic rings. The second-order valence-electron chi connectivity index (χ2n) is 8.75. The fourth-order valence-electron chi connectivity index (χ4n) is 4.74. The molecule has 0 radical (unpaired) electrons. The zero-order chi connectivity index (χ0) is 24.6. The second-order valence-corrected chi connectivity index (χ2v) is 8.75. The SMILES string of the molecule is COc1c(F)cccc1Nc1c2[nH]c3c1C(=O)NC[C@@H]3COc1ccc(cc1)CNc1cnccc1-2. The topological polar surface area (TPSA) is 100 Å². The largest absolute Gasteiger partial charge is 0.493 e. The maximum atomic E-state index is 14.5. The summed E-state index contributed by atoms with van der Waals surface area (Å²) in [4.78, 5) is 21.0. The maximum absolute atomic E-state index is 14.5. The molecule has 2 aromatic heterocycles. The van der Waals surface area contributed by atoms with E-state index in [9.17, 15) is 9.18 Å². The van der Waals surface area contributed by atoms with Gasteiger partial charge in [0, 0.05) is 30.5 Å². The molecule has 1 amide bonds. The van der Waals surface area contributed by atoms with Crippen molar-refractivity contribution in [3.63, 3.8) is 0 Å². The van der Waals surface area contributed by atoms with Crippen molar-refractivity contribution in [2.45, 2.75) is 12.5 Å². The van der Waals surface area contributed by atoms with Crippen LogP contribution in [0.1, 0.15) is 27.5 Å². The summed E-state index contributed by atoms with van der Waals surface area (Å²) in [6, 6.07) is 14.4. The molecule has 36 heavy (non-hydrogen) atoms. The number of H-pyrrole nitrogens is 1. The Balaban J connectivity index is 1.56. The van der Waals surface area contributed by atoms with Crippen LogP contribution in [-0.4, -0.2) is 36.1 Å². The van der Waals surface area contributed by atoms with Crippen LogP contribution >= 0.6 is 0 Å². The van der Waals surface area contributed by atoms with Crippen LogP contribution in [0.3, 0.4) is 0 Å². The second kappa shape index (κ2) is 8.92. The van der Waals surface area contributed by atoms with Gasteiger partial charge in [-0.1, -0.05) is 18.2 Å². The van der Waals surface area contributed by atoms with Gasteiger partial charge in [0.25, 0.3) is 5.91 Å². The number of carbonyl (C=O) groups is 1. The predicted molar refractivity (Wildman–Crippen MR) is 135 cm³/mol. The normalized spacial score (nSPS) is 16.2. The number of rotatable bonds is 3. The number of anilines is 3. The molecule has 182 valence electrons. The zero-order valence-electron chi connectivity index (χ0n) is 19.5. The highest BCUT2D eigenvalue weighted by Crippen LogP contribution is 2.43. The van der Waals surface area contributed by atoms with E-state index in [0.29, 0.717) is 42.3 Å². The van der Waals surface area contributed by atoms with Gasteiger partial charge in [-0.25, -0.2) is 4.39 Å². The van der Waals surface area contributed by atoms with Crippen molar-refractivity contribution < 1.29 is 18.7 Å². The molecule has 0 spiro atoms. The molecule has 0 saturated heterocycles. The summed E-state index contributed by atoms with van der Waals surface area (Å²) < 4.78 is 25.9. The Morgan fingerprint density at radius 3 is 2.83 bits per heavy atom. The Labute approximate surface area is 206 Å². The number of benzene rings is 2. The highest BCUT2D eigenvalue weighted by Gasteiger charge is 2.34. The average Bonchev–Trinajstić information content (AvgIpc) is 3.27. The summed E-state index contributed by atoms with van der Waals surface area (Å²) in [7, 11) is 1.41. The Kier molecular flexibility index (Phi) is 5.44. The third-order valence-electron chi connectivity index (χ3n) is 6.55. The van der Waals surface area contributed by atoms with Gasteiger partial charge in [0.05, 0.1) is 54.2 Å². The summed E-state index contributed by atoms with van der Waals surface area (Å²) in [5, 5.41) is 9.73. The number of aromatic nitrogens is 2. The lowest BCUT2D eigenvalue weighted by molar-refractivity contribution is 0.0935. The number of para-hydroxylation sites is 1. The first-order valence-electron chi connectivity index (χ1n) is 11.7. The minimum Gasteiger partial charge on any atom is -0.493 e. The molecule has 3 aliphatic rings. The van der Waals surface area contributed by atoms with Gasteiger partial charge in [0.2, 0.25) is 0 Å². The van der Waals surface area contributed by atoms with Crippen molar-refractivity contribution in [3.05, 3.63) is 83.6 Å². The fraction of sp³-hybridized carbons (Fsp3) is 0.185. The van der Waals surface area contributed by atoms with Crippen LogP contribution in [-0.2, 0) is 6.54 Å². The van der Waals surface area contributed by atoms with Gasteiger partial charge in [-0.05, 0) is 35.9 Å². The molecule has 7 rings (SSSR count). The van der Waals surface area contributed by atoms with E-state index >= 15 is 0 Å². The molecule has 3 aliphatic heterocycles.